The smallest absolute Gasteiger partial charge is 0.257 e. The summed E-state index contributed by atoms with van der Waals surface area (Å²) >= 11 is 0. The van der Waals surface area contributed by atoms with Crippen molar-refractivity contribution < 1.29 is 9.59 Å². The molecule has 1 atom stereocenters. The van der Waals surface area contributed by atoms with E-state index in [2.05, 4.69) is 15.3 Å². The highest BCUT2D eigenvalue weighted by Crippen LogP contribution is 2.37. The number of likely N-dealkylation sites (tertiary alicyclic amines) is 1. The number of carbonyl (C=O) groups is 2. The van der Waals surface area contributed by atoms with Crippen LogP contribution in [0.5, 0.6) is 0 Å². The molecule has 0 bridgehead atoms. The molecule has 5 rings (SSSR count). The van der Waals surface area contributed by atoms with Gasteiger partial charge in [0.05, 0.1) is 6.04 Å². The standard InChI is InChI=1S/C28H29N7O2/c1-17(2)15-23(36)34-13-6-7-21(34)27-33-24(25-26(29)31-12-14-35(25)27)19-9-10-20(18(3)16-19)28(37)32-22-8-4-5-11-30-22/h4-5,8-12,14-16,21H,6-7,13H2,1-3H3,(H2,29,31)(H,30,32,37)/t21-/m0/s1. The summed E-state index contributed by atoms with van der Waals surface area (Å²) in [6, 6.07) is 10.7. The molecule has 0 unspecified atom stereocenters. The first-order valence-electron chi connectivity index (χ1n) is 12.2. The lowest BCUT2D eigenvalue weighted by Crippen LogP contribution is -2.30. The molecule has 1 aliphatic heterocycles. The number of aryl methyl sites for hydroxylation is 1. The van der Waals surface area contributed by atoms with Crippen molar-refractivity contribution >= 4 is 29.0 Å². The monoisotopic (exact) mass is 495 g/mol. The third kappa shape index (κ3) is 4.67. The Morgan fingerprint density at radius 2 is 1.97 bits per heavy atom. The first-order chi connectivity index (χ1) is 17.8. The van der Waals surface area contributed by atoms with E-state index in [1.54, 1.807) is 36.7 Å². The van der Waals surface area contributed by atoms with Crippen molar-refractivity contribution in [1.29, 1.82) is 0 Å². The van der Waals surface area contributed by atoms with Gasteiger partial charge in [0.15, 0.2) is 0 Å². The average Bonchev–Trinajstić information content (AvgIpc) is 3.50. The molecule has 2 amide bonds. The van der Waals surface area contributed by atoms with Gasteiger partial charge in [0.1, 0.15) is 28.7 Å². The van der Waals surface area contributed by atoms with E-state index in [0.717, 1.165) is 35.4 Å². The Morgan fingerprint density at radius 1 is 1.14 bits per heavy atom. The molecule has 3 N–H and O–H groups in total. The van der Waals surface area contributed by atoms with Gasteiger partial charge in [-0.15, -0.1) is 0 Å². The van der Waals surface area contributed by atoms with Gasteiger partial charge in [-0.2, -0.15) is 0 Å². The van der Waals surface area contributed by atoms with Crippen LogP contribution in [0.3, 0.4) is 0 Å². The van der Waals surface area contributed by atoms with Crippen molar-refractivity contribution in [3.8, 4) is 11.3 Å². The summed E-state index contributed by atoms with van der Waals surface area (Å²) in [5, 5.41) is 2.83. The van der Waals surface area contributed by atoms with Gasteiger partial charge in [-0.1, -0.05) is 17.7 Å². The number of fused-ring (bicyclic) bond motifs is 1. The number of aromatic nitrogens is 4. The third-order valence-corrected chi connectivity index (χ3v) is 6.51. The number of allylic oxidation sites excluding steroid dienone is 1. The molecule has 0 saturated carbocycles. The number of imidazole rings is 1. The van der Waals surface area contributed by atoms with Crippen LogP contribution in [0.15, 0.2) is 66.6 Å². The predicted molar refractivity (Wildman–Crippen MR) is 143 cm³/mol. The minimum absolute atomic E-state index is 0.0121. The molecule has 0 radical (unpaired) electrons. The van der Waals surface area contributed by atoms with Gasteiger partial charge in [-0.3, -0.25) is 14.0 Å². The SMILES string of the molecule is CC(C)=CC(=O)N1CCC[C@H]1c1nc(-c2ccc(C(=O)Nc3ccccn3)c(C)c2)c2c(N)nccn12. The Balaban J connectivity index is 1.54. The number of anilines is 2. The number of rotatable bonds is 5. The van der Waals surface area contributed by atoms with Crippen LogP contribution in [-0.2, 0) is 4.79 Å². The molecule has 3 aromatic heterocycles. The maximum atomic E-state index is 12.9. The lowest BCUT2D eigenvalue weighted by molar-refractivity contribution is -0.127. The van der Waals surface area contributed by atoms with Crippen LogP contribution < -0.4 is 11.1 Å². The molecule has 4 heterocycles. The fourth-order valence-corrected chi connectivity index (χ4v) is 4.84. The molecule has 9 heteroatoms. The normalized spacial score (nSPS) is 15.1. The minimum atomic E-state index is -0.237. The Labute approximate surface area is 215 Å². The maximum Gasteiger partial charge on any atom is 0.257 e. The van der Waals surface area contributed by atoms with Crippen molar-refractivity contribution in [2.45, 2.75) is 39.7 Å². The van der Waals surface area contributed by atoms with Crippen LogP contribution in [0, 0.1) is 6.92 Å². The van der Waals surface area contributed by atoms with Gasteiger partial charge in [-0.25, -0.2) is 15.0 Å². The van der Waals surface area contributed by atoms with Gasteiger partial charge in [-0.05, 0) is 63.4 Å². The first-order valence-corrected chi connectivity index (χ1v) is 12.2. The summed E-state index contributed by atoms with van der Waals surface area (Å²) in [4.78, 5) is 41.1. The number of amides is 2. The Hall–Kier alpha value is -4.53. The van der Waals surface area contributed by atoms with Crippen LogP contribution in [-0.4, -0.2) is 42.6 Å². The van der Waals surface area contributed by atoms with Gasteiger partial charge < -0.3 is 16.0 Å². The zero-order valence-corrected chi connectivity index (χ0v) is 21.1. The number of hydrogen-bond donors (Lipinski definition) is 2. The van der Waals surface area contributed by atoms with E-state index >= 15 is 0 Å². The molecular formula is C28H29N7O2. The first kappa shape index (κ1) is 24.2. The van der Waals surface area contributed by atoms with Crippen LogP contribution in [0.4, 0.5) is 11.6 Å². The average molecular weight is 496 g/mol. The van der Waals surface area contributed by atoms with Crippen LogP contribution in [0.25, 0.3) is 16.8 Å². The Morgan fingerprint density at radius 3 is 2.70 bits per heavy atom. The van der Waals surface area contributed by atoms with Gasteiger partial charge >= 0.3 is 0 Å². The fourth-order valence-electron chi connectivity index (χ4n) is 4.84. The van der Waals surface area contributed by atoms with Crippen molar-refractivity contribution in [3.05, 3.63) is 83.6 Å². The van der Waals surface area contributed by atoms with Gasteiger partial charge in [0, 0.05) is 42.3 Å². The number of pyridine rings is 1. The molecular weight excluding hydrogens is 466 g/mol. The Kier molecular flexibility index (Phi) is 6.43. The molecule has 0 aliphatic carbocycles. The topological polar surface area (TPSA) is 119 Å². The molecule has 37 heavy (non-hydrogen) atoms. The number of nitrogen functional groups attached to an aromatic ring is 1. The van der Waals surface area contributed by atoms with Crippen molar-refractivity contribution in [2.75, 3.05) is 17.6 Å². The molecule has 188 valence electrons. The Bertz CT molecular complexity index is 1520. The van der Waals surface area contributed by atoms with E-state index in [-0.39, 0.29) is 17.9 Å². The molecule has 1 fully saturated rings. The van der Waals surface area contributed by atoms with Crippen LogP contribution in [0.1, 0.15) is 54.5 Å². The highest BCUT2D eigenvalue weighted by molar-refractivity contribution is 6.05. The van der Waals surface area contributed by atoms with Crippen molar-refractivity contribution in [3.63, 3.8) is 0 Å². The summed E-state index contributed by atoms with van der Waals surface area (Å²) in [7, 11) is 0. The molecule has 0 spiro atoms. The van der Waals surface area contributed by atoms with E-state index in [0.29, 0.717) is 35.0 Å². The third-order valence-electron chi connectivity index (χ3n) is 6.51. The van der Waals surface area contributed by atoms with Crippen LogP contribution >= 0.6 is 0 Å². The summed E-state index contributed by atoms with van der Waals surface area (Å²) in [5.74, 6) is 1.34. The lowest BCUT2D eigenvalue weighted by atomic mass is 10.0. The van der Waals surface area contributed by atoms with Gasteiger partial charge in [0.2, 0.25) is 5.91 Å². The number of carbonyl (C=O) groups excluding carboxylic acids is 2. The predicted octanol–water partition coefficient (Wildman–Crippen LogP) is 4.56. The quantitative estimate of drug-likeness (QED) is 0.392. The summed E-state index contributed by atoms with van der Waals surface area (Å²) in [6.07, 6.45) is 8.49. The largest absolute Gasteiger partial charge is 0.382 e. The molecule has 4 aromatic rings. The maximum absolute atomic E-state index is 12.9. The minimum Gasteiger partial charge on any atom is -0.382 e. The highest BCUT2D eigenvalue weighted by atomic mass is 16.2. The van der Waals surface area contributed by atoms with Gasteiger partial charge in [0.25, 0.3) is 5.91 Å². The summed E-state index contributed by atoms with van der Waals surface area (Å²) < 4.78 is 1.94. The highest BCUT2D eigenvalue weighted by Gasteiger charge is 2.33. The summed E-state index contributed by atoms with van der Waals surface area (Å²) in [5.41, 5.74) is 10.8. The number of nitrogens with two attached hydrogens (primary N) is 1. The second kappa shape index (κ2) is 9.85. The number of benzene rings is 1. The van der Waals surface area contributed by atoms with Crippen molar-refractivity contribution in [1.82, 2.24) is 24.3 Å². The number of hydrogen-bond acceptors (Lipinski definition) is 6. The molecule has 1 aliphatic rings. The van der Waals surface area contributed by atoms with E-state index in [4.69, 9.17) is 10.7 Å². The molecule has 1 aromatic carbocycles. The van der Waals surface area contributed by atoms with Crippen LogP contribution in [0.2, 0.25) is 0 Å². The fraction of sp³-hybridized carbons (Fsp3) is 0.250. The molecule has 9 nitrogen and oxygen atoms in total. The zero-order valence-electron chi connectivity index (χ0n) is 21.1. The van der Waals surface area contributed by atoms with E-state index in [1.807, 2.05) is 54.5 Å². The van der Waals surface area contributed by atoms with E-state index in [1.165, 1.54) is 0 Å². The number of nitrogens with one attached hydrogen (secondary N) is 1. The lowest BCUT2D eigenvalue weighted by Gasteiger charge is -2.22. The van der Waals surface area contributed by atoms with Crippen molar-refractivity contribution in [2.24, 2.45) is 0 Å². The number of nitrogens with zero attached hydrogens (tertiary/aromatic N) is 5. The van der Waals surface area contributed by atoms with E-state index in [9.17, 15) is 9.59 Å². The zero-order chi connectivity index (χ0) is 26.1. The second-order valence-electron chi connectivity index (χ2n) is 9.46. The summed E-state index contributed by atoms with van der Waals surface area (Å²) in [6.45, 7) is 6.40. The van der Waals surface area contributed by atoms with E-state index < -0.39 is 0 Å². The second-order valence-corrected chi connectivity index (χ2v) is 9.46. The molecule has 1 saturated heterocycles.